The van der Waals surface area contributed by atoms with E-state index in [1.54, 1.807) is 0 Å². The lowest BCUT2D eigenvalue weighted by Crippen LogP contribution is -2.29. The Hall–Kier alpha value is -1.14. The summed E-state index contributed by atoms with van der Waals surface area (Å²) in [4.78, 5) is 22.6. The van der Waals surface area contributed by atoms with Gasteiger partial charge in [0, 0.05) is 39.1 Å². The summed E-state index contributed by atoms with van der Waals surface area (Å²) in [6, 6.07) is 0. The standard InChI is InChI=1S/C13H26N2O4/c16-10-3-1-6-12(18)14-8-5-9-15-13(19)7-2-4-11-17/h16-17H,1-11H2,(H,14,18)(H,15,19). The first-order chi connectivity index (χ1) is 9.20. The molecule has 6 nitrogen and oxygen atoms in total. The zero-order valence-corrected chi connectivity index (χ0v) is 11.5. The van der Waals surface area contributed by atoms with Crippen molar-refractivity contribution >= 4 is 11.8 Å². The molecule has 0 aliphatic carbocycles. The van der Waals surface area contributed by atoms with Crippen molar-refractivity contribution in [3.63, 3.8) is 0 Å². The second-order valence-corrected chi connectivity index (χ2v) is 4.41. The predicted octanol–water partition coefficient (Wildman–Crippen LogP) is -0.0659. The summed E-state index contributed by atoms with van der Waals surface area (Å²) in [5, 5.41) is 22.7. The van der Waals surface area contributed by atoms with E-state index in [1.165, 1.54) is 0 Å². The number of aliphatic hydroxyl groups is 2. The van der Waals surface area contributed by atoms with Gasteiger partial charge in [0.2, 0.25) is 11.8 Å². The second-order valence-electron chi connectivity index (χ2n) is 4.41. The van der Waals surface area contributed by atoms with Gasteiger partial charge in [0.1, 0.15) is 0 Å². The van der Waals surface area contributed by atoms with E-state index in [2.05, 4.69) is 10.6 Å². The Morgan fingerprint density at radius 1 is 0.684 bits per heavy atom. The van der Waals surface area contributed by atoms with E-state index < -0.39 is 0 Å². The summed E-state index contributed by atoms with van der Waals surface area (Å²) >= 11 is 0. The van der Waals surface area contributed by atoms with Crippen molar-refractivity contribution in [2.24, 2.45) is 0 Å². The number of hydrogen-bond acceptors (Lipinski definition) is 4. The second kappa shape index (κ2) is 13.3. The fraction of sp³-hybridized carbons (Fsp3) is 0.846. The van der Waals surface area contributed by atoms with Gasteiger partial charge in [-0.3, -0.25) is 9.59 Å². The van der Waals surface area contributed by atoms with Gasteiger partial charge in [0.25, 0.3) is 0 Å². The van der Waals surface area contributed by atoms with Crippen LogP contribution in [0, 0.1) is 0 Å². The minimum Gasteiger partial charge on any atom is -0.396 e. The van der Waals surface area contributed by atoms with Crippen molar-refractivity contribution in [2.75, 3.05) is 26.3 Å². The van der Waals surface area contributed by atoms with Gasteiger partial charge in [-0.15, -0.1) is 0 Å². The van der Waals surface area contributed by atoms with Crippen LogP contribution >= 0.6 is 0 Å². The molecule has 112 valence electrons. The summed E-state index contributed by atoms with van der Waals surface area (Å²) in [6.45, 7) is 1.34. The number of unbranched alkanes of at least 4 members (excludes halogenated alkanes) is 2. The minimum absolute atomic E-state index is 0.0114. The molecule has 0 aromatic carbocycles. The highest BCUT2D eigenvalue weighted by Crippen LogP contribution is 1.94. The summed E-state index contributed by atoms with van der Waals surface area (Å²) < 4.78 is 0. The van der Waals surface area contributed by atoms with Crippen LogP contribution in [0.15, 0.2) is 0 Å². The van der Waals surface area contributed by atoms with Crippen molar-refractivity contribution in [1.82, 2.24) is 10.6 Å². The van der Waals surface area contributed by atoms with E-state index in [4.69, 9.17) is 10.2 Å². The number of carbonyl (C=O) groups is 2. The van der Waals surface area contributed by atoms with Gasteiger partial charge in [0.15, 0.2) is 0 Å². The third-order valence-corrected chi connectivity index (χ3v) is 2.62. The van der Waals surface area contributed by atoms with Gasteiger partial charge in [-0.2, -0.15) is 0 Å². The first-order valence-electron chi connectivity index (χ1n) is 6.95. The van der Waals surface area contributed by atoms with Crippen molar-refractivity contribution in [3.8, 4) is 0 Å². The smallest absolute Gasteiger partial charge is 0.219 e. The van der Waals surface area contributed by atoms with E-state index >= 15 is 0 Å². The van der Waals surface area contributed by atoms with E-state index in [0.29, 0.717) is 58.0 Å². The first-order valence-corrected chi connectivity index (χ1v) is 6.95. The van der Waals surface area contributed by atoms with Gasteiger partial charge < -0.3 is 20.8 Å². The molecule has 0 unspecified atom stereocenters. The quantitative estimate of drug-likeness (QED) is 0.374. The summed E-state index contributed by atoms with van der Waals surface area (Å²) in [6.07, 6.45) is 4.28. The molecule has 0 saturated heterocycles. The number of hydrogen-bond donors (Lipinski definition) is 4. The number of nitrogens with one attached hydrogen (secondary N) is 2. The maximum atomic E-state index is 11.3. The molecule has 0 aromatic heterocycles. The molecule has 0 atom stereocenters. The highest BCUT2D eigenvalue weighted by Gasteiger charge is 2.01. The Labute approximate surface area is 114 Å². The van der Waals surface area contributed by atoms with Crippen LogP contribution in [-0.4, -0.2) is 48.3 Å². The molecular weight excluding hydrogens is 248 g/mol. The van der Waals surface area contributed by atoms with Crippen molar-refractivity contribution in [3.05, 3.63) is 0 Å². The van der Waals surface area contributed by atoms with Gasteiger partial charge in [-0.25, -0.2) is 0 Å². The Morgan fingerprint density at radius 2 is 1.11 bits per heavy atom. The van der Waals surface area contributed by atoms with E-state index in [-0.39, 0.29) is 25.0 Å². The van der Waals surface area contributed by atoms with Crippen molar-refractivity contribution < 1.29 is 19.8 Å². The molecule has 2 amide bonds. The van der Waals surface area contributed by atoms with Crippen molar-refractivity contribution in [2.45, 2.75) is 44.9 Å². The molecule has 0 aromatic rings. The maximum absolute atomic E-state index is 11.3. The summed E-state index contributed by atoms with van der Waals surface area (Å²) in [7, 11) is 0. The molecule has 0 spiro atoms. The molecule has 0 fully saturated rings. The number of amides is 2. The Kier molecular flexibility index (Phi) is 12.5. The molecule has 0 aliphatic heterocycles. The molecule has 0 saturated carbocycles. The van der Waals surface area contributed by atoms with Crippen LogP contribution in [0.25, 0.3) is 0 Å². The van der Waals surface area contributed by atoms with E-state index in [9.17, 15) is 9.59 Å². The molecule has 0 radical (unpaired) electrons. The predicted molar refractivity (Wildman–Crippen MR) is 72.5 cm³/mol. The molecular formula is C13H26N2O4. The number of aliphatic hydroxyl groups excluding tert-OH is 2. The van der Waals surface area contributed by atoms with Crippen LogP contribution in [0.4, 0.5) is 0 Å². The zero-order chi connectivity index (χ0) is 14.3. The number of carbonyl (C=O) groups excluding carboxylic acids is 2. The molecule has 0 rings (SSSR count). The minimum atomic E-state index is -0.0114. The lowest BCUT2D eigenvalue weighted by molar-refractivity contribution is -0.121. The maximum Gasteiger partial charge on any atom is 0.219 e. The van der Waals surface area contributed by atoms with Gasteiger partial charge in [-0.1, -0.05) is 0 Å². The molecule has 6 heteroatoms. The Morgan fingerprint density at radius 3 is 1.47 bits per heavy atom. The Bertz CT molecular complexity index is 223. The summed E-state index contributed by atoms with van der Waals surface area (Å²) in [5.41, 5.74) is 0. The SMILES string of the molecule is O=C(CCCCO)NCCCNC(=O)CCCCO. The highest BCUT2D eigenvalue weighted by molar-refractivity contribution is 5.76. The van der Waals surface area contributed by atoms with Crippen LogP contribution in [0.1, 0.15) is 44.9 Å². The van der Waals surface area contributed by atoms with Gasteiger partial charge in [0.05, 0.1) is 0 Å². The monoisotopic (exact) mass is 274 g/mol. The Balaban J connectivity index is 3.29. The van der Waals surface area contributed by atoms with E-state index in [1.807, 2.05) is 0 Å². The summed E-state index contributed by atoms with van der Waals surface area (Å²) in [5.74, 6) is -0.0227. The largest absolute Gasteiger partial charge is 0.396 e. The normalized spacial score (nSPS) is 10.2. The molecule has 0 aliphatic rings. The van der Waals surface area contributed by atoms with E-state index in [0.717, 1.165) is 0 Å². The molecule has 4 N–H and O–H groups in total. The average molecular weight is 274 g/mol. The third kappa shape index (κ3) is 13.1. The molecule has 0 heterocycles. The topological polar surface area (TPSA) is 98.7 Å². The molecule has 0 bridgehead atoms. The fourth-order valence-corrected chi connectivity index (χ4v) is 1.52. The zero-order valence-electron chi connectivity index (χ0n) is 11.5. The van der Waals surface area contributed by atoms with Crippen LogP contribution in [0.2, 0.25) is 0 Å². The van der Waals surface area contributed by atoms with Crippen LogP contribution in [0.3, 0.4) is 0 Å². The van der Waals surface area contributed by atoms with Crippen LogP contribution in [0.5, 0.6) is 0 Å². The van der Waals surface area contributed by atoms with Gasteiger partial charge in [-0.05, 0) is 32.1 Å². The average Bonchev–Trinajstić information content (AvgIpc) is 2.39. The van der Waals surface area contributed by atoms with Crippen LogP contribution in [-0.2, 0) is 9.59 Å². The first kappa shape index (κ1) is 17.9. The number of rotatable bonds is 12. The lowest BCUT2D eigenvalue weighted by Gasteiger charge is -2.06. The molecule has 19 heavy (non-hydrogen) atoms. The van der Waals surface area contributed by atoms with Crippen LogP contribution < -0.4 is 10.6 Å². The fourth-order valence-electron chi connectivity index (χ4n) is 1.52. The lowest BCUT2D eigenvalue weighted by atomic mass is 10.2. The van der Waals surface area contributed by atoms with Gasteiger partial charge >= 0.3 is 0 Å². The third-order valence-electron chi connectivity index (χ3n) is 2.62. The highest BCUT2D eigenvalue weighted by atomic mass is 16.3. The van der Waals surface area contributed by atoms with Crippen molar-refractivity contribution in [1.29, 1.82) is 0 Å².